The van der Waals surface area contributed by atoms with Gasteiger partial charge in [-0.2, -0.15) is 5.10 Å². The molecule has 1 fully saturated rings. The van der Waals surface area contributed by atoms with E-state index in [1.54, 1.807) is 5.01 Å². The van der Waals surface area contributed by atoms with Crippen LogP contribution < -0.4 is 0 Å². The van der Waals surface area contributed by atoms with Crippen molar-refractivity contribution < 1.29 is 4.79 Å². The molecule has 1 atom stereocenters. The number of hydrogen-bond acceptors (Lipinski definition) is 3. The molecule has 0 spiro atoms. The standard InChI is InChI=1S/C30H33N3O/c1-23-12-14-27(15-13-23)29-21-28(26-10-6-3-7-11-26)31-33(29)30(34)22-32-18-16-25(17-19-32)20-24-8-4-2-5-9-24/h2-15,25,29H,16-22H2,1H3. The summed E-state index contributed by atoms with van der Waals surface area (Å²) in [5, 5.41) is 6.60. The molecule has 2 aliphatic rings. The molecule has 0 saturated carbocycles. The fraction of sp³-hybridized carbons (Fsp3) is 0.333. The van der Waals surface area contributed by atoms with E-state index in [1.165, 1.54) is 11.1 Å². The first-order valence-corrected chi connectivity index (χ1v) is 12.4. The fourth-order valence-corrected chi connectivity index (χ4v) is 5.15. The average molecular weight is 452 g/mol. The van der Waals surface area contributed by atoms with Crippen molar-refractivity contribution in [3.05, 3.63) is 107 Å². The molecule has 3 aromatic rings. The van der Waals surface area contributed by atoms with E-state index in [0.29, 0.717) is 12.5 Å². The van der Waals surface area contributed by atoms with Gasteiger partial charge in [0.1, 0.15) is 0 Å². The normalized spacial score (nSPS) is 19.3. The summed E-state index contributed by atoms with van der Waals surface area (Å²) in [4.78, 5) is 15.8. The second-order valence-corrected chi connectivity index (χ2v) is 9.69. The fourth-order valence-electron chi connectivity index (χ4n) is 5.15. The van der Waals surface area contributed by atoms with Gasteiger partial charge in [-0.1, -0.05) is 90.5 Å². The Morgan fingerprint density at radius 3 is 2.21 bits per heavy atom. The highest BCUT2D eigenvalue weighted by molar-refractivity contribution is 6.03. The number of hydrazone groups is 1. The van der Waals surface area contributed by atoms with Crippen molar-refractivity contribution >= 4 is 11.6 Å². The lowest BCUT2D eigenvalue weighted by atomic mass is 9.90. The highest BCUT2D eigenvalue weighted by atomic mass is 16.2. The van der Waals surface area contributed by atoms with Gasteiger partial charge in [0.2, 0.25) is 0 Å². The van der Waals surface area contributed by atoms with Gasteiger partial charge in [0.05, 0.1) is 18.3 Å². The van der Waals surface area contributed by atoms with Gasteiger partial charge < -0.3 is 0 Å². The van der Waals surface area contributed by atoms with E-state index in [-0.39, 0.29) is 11.9 Å². The van der Waals surface area contributed by atoms with Gasteiger partial charge in [-0.15, -0.1) is 0 Å². The first-order chi connectivity index (χ1) is 16.7. The van der Waals surface area contributed by atoms with Crippen molar-refractivity contribution in [1.82, 2.24) is 9.91 Å². The van der Waals surface area contributed by atoms with Gasteiger partial charge in [-0.25, -0.2) is 5.01 Å². The molecule has 174 valence electrons. The van der Waals surface area contributed by atoms with Crippen LogP contribution in [0.5, 0.6) is 0 Å². The van der Waals surface area contributed by atoms with E-state index in [9.17, 15) is 4.79 Å². The quantitative estimate of drug-likeness (QED) is 0.487. The molecule has 4 nitrogen and oxygen atoms in total. The Morgan fingerprint density at radius 1 is 0.882 bits per heavy atom. The molecule has 3 aromatic carbocycles. The summed E-state index contributed by atoms with van der Waals surface area (Å²) in [5.41, 5.74) is 5.87. The van der Waals surface area contributed by atoms with Crippen molar-refractivity contribution in [2.75, 3.05) is 19.6 Å². The monoisotopic (exact) mass is 451 g/mol. The molecule has 0 aromatic heterocycles. The molecule has 1 unspecified atom stereocenters. The van der Waals surface area contributed by atoms with Crippen LogP contribution in [0.15, 0.2) is 90.0 Å². The molecule has 0 radical (unpaired) electrons. The van der Waals surface area contributed by atoms with Gasteiger partial charge in [-0.05, 0) is 61.9 Å². The molecular formula is C30H33N3O. The van der Waals surface area contributed by atoms with E-state index in [0.717, 1.165) is 55.6 Å². The molecule has 1 amide bonds. The predicted molar refractivity (Wildman–Crippen MR) is 138 cm³/mol. The number of aryl methyl sites for hydroxylation is 1. The minimum Gasteiger partial charge on any atom is -0.294 e. The summed E-state index contributed by atoms with van der Waals surface area (Å²) in [6, 6.07) is 29.5. The zero-order chi connectivity index (χ0) is 23.3. The van der Waals surface area contributed by atoms with Gasteiger partial charge in [0.25, 0.3) is 5.91 Å². The molecule has 4 heteroatoms. The number of amides is 1. The second kappa shape index (κ2) is 10.4. The minimum absolute atomic E-state index is 0.0427. The first-order valence-electron chi connectivity index (χ1n) is 12.4. The summed E-state index contributed by atoms with van der Waals surface area (Å²) in [6.45, 7) is 4.48. The Morgan fingerprint density at radius 2 is 1.53 bits per heavy atom. The predicted octanol–water partition coefficient (Wildman–Crippen LogP) is 5.63. The third kappa shape index (κ3) is 5.28. The van der Waals surface area contributed by atoms with E-state index in [1.807, 2.05) is 18.2 Å². The minimum atomic E-state index is -0.0427. The van der Waals surface area contributed by atoms with Crippen molar-refractivity contribution in [2.24, 2.45) is 11.0 Å². The SMILES string of the molecule is Cc1ccc(C2CC(c3ccccc3)=NN2C(=O)CN2CCC(Cc3ccccc3)CC2)cc1. The van der Waals surface area contributed by atoms with E-state index in [4.69, 9.17) is 5.10 Å². The van der Waals surface area contributed by atoms with Crippen molar-refractivity contribution in [1.29, 1.82) is 0 Å². The zero-order valence-electron chi connectivity index (χ0n) is 19.9. The van der Waals surface area contributed by atoms with Gasteiger partial charge >= 0.3 is 0 Å². The van der Waals surface area contributed by atoms with Crippen LogP contribution in [0, 0.1) is 12.8 Å². The molecular weight excluding hydrogens is 418 g/mol. The maximum absolute atomic E-state index is 13.5. The third-order valence-electron chi connectivity index (χ3n) is 7.17. The Kier molecular flexibility index (Phi) is 6.87. The number of likely N-dealkylation sites (tertiary alicyclic amines) is 1. The number of benzene rings is 3. The molecule has 2 heterocycles. The Hall–Kier alpha value is -3.24. The van der Waals surface area contributed by atoms with Crippen LogP contribution in [-0.2, 0) is 11.2 Å². The largest absolute Gasteiger partial charge is 0.294 e. The van der Waals surface area contributed by atoms with Crippen LogP contribution in [0.4, 0.5) is 0 Å². The second-order valence-electron chi connectivity index (χ2n) is 9.69. The number of nitrogens with zero attached hydrogens (tertiary/aromatic N) is 3. The Labute approximate surface area is 202 Å². The molecule has 0 aliphatic carbocycles. The van der Waals surface area contributed by atoms with Gasteiger partial charge in [0, 0.05) is 6.42 Å². The van der Waals surface area contributed by atoms with Crippen LogP contribution in [0.1, 0.15) is 47.6 Å². The lowest BCUT2D eigenvalue weighted by Crippen LogP contribution is -2.42. The molecule has 34 heavy (non-hydrogen) atoms. The van der Waals surface area contributed by atoms with Crippen LogP contribution in [0.3, 0.4) is 0 Å². The van der Waals surface area contributed by atoms with E-state index in [2.05, 4.69) is 78.6 Å². The summed E-state index contributed by atoms with van der Waals surface area (Å²) < 4.78 is 0. The van der Waals surface area contributed by atoms with Crippen LogP contribution in [0.25, 0.3) is 0 Å². The van der Waals surface area contributed by atoms with Crippen LogP contribution in [0.2, 0.25) is 0 Å². The molecule has 0 N–H and O–H groups in total. The van der Waals surface area contributed by atoms with E-state index >= 15 is 0 Å². The number of carbonyl (C=O) groups excluding carboxylic acids is 1. The topological polar surface area (TPSA) is 35.9 Å². The average Bonchev–Trinajstić information content (AvgIpc) is 3.33. The summed E-state index contributed by atoms with van der Waals surface area (Å²) in [5.74, 6) is 0.793. The Bertz CT molecular complexity index is 1120. The number of piperidine rings is 1. The molecule has 5 rings (SSSR count). The highest BCUT2D eigenvalue weighted by Crippen LogP contribution is 2.33. The summed E-state index contributed by atoms with van der Waals surface area (Å²) >= 11 is 0. The molecule has 1 saturated heterocycles. The Balaban J connectivity index is 1.25. The number of carbonyl (C=O) groups is 1. The lowest BCUT2D eigenvalue weighted by molar-refractivity contribution is -0.134. The van der Waals surface area contributed by atoms with Gasteiger partial charge in [0.15, 0.2) is 0 Å². The van der Waals surface area contributed by atoms with Crippen LogP contribution >= 0.6 is 0 Å². The lowest BCUT2D eigenvalue weighted by Gasteiger charge is -2.33. The number of rotatable bonds is 6. The zero-order valence-corrected chi connectivity index (χ0v) is 19.9. The highest BCUT2D eigenvalue weighted by Gasteiger charge is 2.34. The summed E-state index contributed by atoms with van der Waals surface area (Å²) in [6.07, 6.45) is 4.16. The molecule has 2 aliphatic heterocycles. The number of hydrogen-bond donors (Lipinski definition) is 0. The summed E-state index contributed by atoms with van der Waals surface area (Å²) in [7, 11) is 0. The maximum Gasteiger partial charge on any atom is 0.257 e. The molecule has 0 bridgehead atoms. The van der Waals surface area contributed by atoms with Gasteiger partial charge in [-0.3, -0.25) is 9.69 Å². The van der Waals surface area contributed by atoms with Crippen molar-refractivity contribution in [3.63, 3.8) is 0 Å². The third-order valence-corrected chi connectivity index (χ3v) is 7.17. The first kappa shape index (κ1) is 22.5. The smallest absolute Gasteiger partial charge is 0.257 e. The van der Waals surface area contributed by atoms with Crippen molar-refractivity contribution in [3.8, 4) is 0 Å². The maximum atomic E-state index is 13.5. The van der Waals surface area contributed by atoms with E-state index < -0.39 is 0 Å². The van der Waals surface area contributed by atoms with Crippen LogP contribution in [-0.4, -0.2) is 41.2 Å². The van der Waals surface area contributed by atoms with Crippen molar-refractivity contribution in [2.45, 2.75) is 38.6 Å².